The fourth-order valence-electron chi connectivity index (χ4n) is 9.29. The summed E-state index contributed by atoms with van der Waals surface area (Å²) in [7, 11) is 1.76. The third-order valence-corrected chi connectivity index (χ3v) is 11.6. The summed E-state index contributed by atoms with van der Waals surface area (Å²) in [5.41, 5.74) is -0.954. The molecule has 0 radical (unpaired) electrons. The Hall–Kier alpha value is -2.42. The second kappa shape index (κ2) is 7.08. The first-order chi connectivity index (χ1) is 16.2. The summed E-state index contributed by atoms with van der Waals surface area (Å²) in [6.45, 7) is 11.0. The summed E-state index contributed by atoms with van der Waals surface area (Å²) >= 11 is 0. The number of nitrogens with zero attached hydrogens (tertiary/aromatic N) is 2. The predicted molar refractivity (Wildman–Crippen MR) is 131 cm³/mol. The highest BCUT2D eigenvalue weighted by atomic mass is 16.4. The molecule has 4 aliphatic carbocycles. The maximum atomic E-state index is 14.1. The fourth-order valence-corrected chi connectivity index (χ4v) is 9.29. The van der Waals surface area contributed by atoms with Crippen molar-refractivity contribution >= 4 is 17.7 Å². The number of carboxylic acids is 1. The molecule has 1 N–H and O–H groups in total. The van der Waals surface area contributed by atoms with E-state index in [0.29, 0.717) is 19.3 Å². The lowest BCUT2D eigenvalue weighted by Gasteiger charge is -2.68. The van der Waals surface area contributed by atoms with E-state index in [1.54, 1.807) is 11.9 Å². The van der Waals surface area contributed by atoms with Crippen LogP contribution in [0.15, 0.2) is 23.3 Å². The van der Waals surface area contributed by atoms with E-state index in [-0.39, 0.29) is 51.4 Å². The highest BCUT2D eigenvalue weighted by molar-refractivity contribution is 6.00. The Morgan fingerprint density at radius 3 is 2.37 bits per heavy atom. The molecule has 0 aromatic rings. The first-order valence-electron chi connectivity index (χ1n) is 13.1. The van der Waals surface area contributed by atoms with Crippen LogP contribution in [0, 0.1) is 50.2 Å². The van der Waals surface area contributed by atoms with Crippen molar-refractivity contribution in [3.63, 3.8) is 0 Å². The number of carboxylic acid groups (broad SMARTS) is 1. The van der Waals surface area contributed by atoms with Crippen LogP contribution in [0.3, 0.4) is 0 Å². The molecule has 1 amide bonds. The number of nitriles is 1. The van der Waals surface area contributed by atoms with Crippen LogP contribution in [0.1, 0.15) is 79.6 Å². The first kappa shape index (κ1) is 24.3. The van der Waals surface area contributed by atoms with Crippen LogP contribution in [-0.4, -0.2) is 40.8 Å². The Labute approximate surface area is 208 Å². The molecule has 6 nitrogen and oxygen atoms in total. The summed E-state index contributed by atoms with van der Waals surface area (Å²) in [5, 5.41) is 20.1. The van der Waals surface area contributed by atoms with Crippen molar-refractivity contribution in [3.05, 3.63) is 23.3 Å². The van der Waals surface area contributed by atoms with Gasteiger partial charge in [0.25, 0.3) is 5.91 Å². The largest absolute Gasteiger partial charge is 0.481 e. The topological polar surface area (TPSA) is 98.5 Å². The number of rotatable bonds is 1. The van der Waals surface area contributed by atoms with E-state index >= 15 is 0 Å². The predicted octanol–water partition coefficient (Wildman–Crippen LogP) is 4.91. The monoisotopic (exact) mass is 478 g/mol. The maximum absolute atomic E-state index is 14.1. The molecule has 5 rings (SSSR count). The lowest BCUT2D eigenvalue weighted by Crippen LogP contribution is -2.66. The van der Waals surface area contributed by atoms with Gasteiger partial charge in [-0.1, -0.05) is 34.6 Å². The van der Waals surface area contributed by atoms with Crippen LogP contribution in [0.2, 0.25) is 0 Å². The minimum atomic E-state index is -0.830. The molecule has 1 aliphatic heterocycles. The second-order valence-corrected chi connectivity index (χ2v) is 13.5. The average Bonchev–Trinajstić information content (AvgIpc) is 2.77. The molecule has 0 saturated heterocycles. The number of amides is 1. The number of hydrogen-bond acceptors (Lipinski definition) is 4. The Morgan fingerprint density at radius 1 is 1.09 bits per heavy atom. The zero-order valence-electron chi connectivity index (χ0n) is 21.9. The van der Waals surface area contributed by atoms with Crippen molar-refractivity contribution in [2.45, 2.75) is 85.6 Å². The Kier molecular flexibility index (Phi) is 4.91. The number of likely N-dealkylation sites (N-methyl/N-ethyl adjacent to an activating group) is 1. The molecular weight excluding hydrogens is 440 g/mol. The molecule has 0 bridgehead atoms. The minimum Gasteiger partial charge on any atom is -0.481 e. The number of ketones is 1. The van der Waals surface area contributed by atoms with Gasteiger partial charge in [-0.05, 0) is 84.8 Å². The van der Waals surface area contributed by atoms with E-state index in [0.717, 1.165) is 31.3 Å². The molecule has 6 heteroatoms. The van der Waals surface area contributed by atoms with Gasteiger partial charge < -0.3 is 10.0 Å². The second-order valence-electron chi connectivity index (χ2n) is 13.5. The van der Waals surface area contributed by atoms with Crippen molar-refractivity contribution < 1.29 is 19.5 Å². The number of allylic oxidation sites excluding steroid dienone is 1. The number of fused-ring (bicyclic) bond motifs is 7. The van der Waals surface area contributed by atoms with Gasteiger partial charge in [-0.2, -0.15) is 5.26 Å². The average molecular weight is 479 g/mol. The molecule has 5 aliphatic rings. The van der Waals surface area contributed by atoms with Gasteiger partial charge >= 0.3 is 5.97 Å². The summed E-state index contributed by atoms with van der Waals surface area (Å²) in [6.07, 6.45) is 8.81. The SMILES string of the molecule is CN1C(=O)C(C#N)=C[C@]2(C)C3=CC(=O)[C@@H]4[C@@H]5CC(C)(C)CC[C@]5(C(=O)O)CC[C@@]4(C)[C@]3(C)CC[C@@H]12. The highest BCUT2D eigenvalue weighted by Gasteiger charge is 2.70. The molecule has 35 heavy (non-hydrogen) atoms. The molecule has 0 aromatic heterocycles. The quantitative estimate of drug-likeness (QED) is 0.578. The standard InChI is InChI=1S/C29H38N2O4/c1-25(2)9-11-29(24(34)35)12-10-28(5)22(18(29)15-25)19(32)13-20-26(3)14-17(16-30)23(33)31(6)21(26)7-8-27(20,28)4/h13-14,18,21-22H,7-12,15H2,1-6H3,(H,34,35)/t18-,21+,22-,26+,27+,28+,29-/m0/s1. The van der Waals surface area contributed by atoms with Gasteiger partial charge in [-0.3, -0.25) is 14.4 Å². The lowest BCUT2D eigenvalue weighted by molar-refractivity contribution is -0.187. The van der Waals surface area contributed by atoms with Crippen LogP contribution < -0.4 is 0 Å². The highest BCUT2D eigenvalue weighted by Crippen LogP contribution is 2.72. The van der Waals surface area contributed by atoms with Crippen LogP contribution >= 0.6 is 0 Å². The van der Waals surface area contributed by atoms with Gasteiger partial charge in [-0.25, -0.2) is 0 Å². The maximum Gasteiger partial charge on any atom is 0.309 e. The minimum absolute atomic E-state index is 0.00750. The van der Waals surface area contributed by atoms with Gasteiger partial charge in [-0.15, -0.1) is 0 Å². The van der Waals surface area contributed by atoms with E-state index in [1.807, 2.05) is 12.2 Å². The number of carbonyl (C=O) groups excluding carboxylic acids is 2. The van der Waals surface area contributed by atoms with Gasteiger partial charge in [0.1, 0.15) is 11.6 Å². The first-order valence-corrected chi connectivity index (χ1v) is 13.1. The third-order valence-electron chi connectivity index (χ3n) is 11.6. The Bertz CT molecular complexity index is 1140. The Balaban J connectivity index is 1.70. The van der Waals surface area contributed by atoms with Gasteiger partial charge in [0, 0.05) is 24.4 Å². The van der Waals surface area contributed by atoms with Crippen LogP contribution in [0.4, 0.5) is 0 Å². The third kappa shape index (κ3) is 2.84. The molecule has 0 aromatic carbocycles. The van der Waals surface area contributed by atoms with Crippen LogP contribution in [0.5, 0.6) is 0 Å². The summed E-state index contributed by atoms with van der Waals surface area (Å²) in [4.78, 5) is 41.3. The molecule has 1 heterocycles. The van der Waals surface area contributed by atoms with E-state index < -0.39 is 16.8 Å². The smallest absolute Gasteiger partial charge is 0.309 e. The normalized spacial score (nSPS) is 46.2. The van der Waals surface area contributed by atoms with Crippen molar-refractivity contribution in [2.24, 2.45) is 38.9 Å². The van der Waals surface area contributed by atoms with Crippen molar-refractivity contribution in [1.29, 1.82) is 5.26 Å². The molecular formula is C29H38N2O4. The zero-order valence-corrected chi connectivity index (χ0v) is 21.9. The van der Waals surface area contributed by atoms with Crippen molar-refractivity contribution in [1.82, 2.24) is 4.90 Å². The summed E-state index contributed by atoms with van der Waals surface area (Å²) in [5.74, 6) is -1.46. The number of carbonyl (C=O) groups is 3. The van der Waals surface area contributed by atoms with E-state index in [4.69, 9.17) is 0 Å². The molecule has 3 saturated carbocycles. The van der Waals surface area contributed by atoms with E-state index in [1.165, 1.54) is 0 Å². The van der Waals surface area contributed by atoms with Crippen molar-refractivity contribution in [3.8, 4) is 6.07 Å². The zero-order chi connectivity index (χ0) is 25.8. The van der Waals surface area contributed by atoms with Gasteiger partial charge in [0.15, 0.2) is 5.78 Å². The fraction of sp³-hybridized carbons (Fsp3) is 0.724. The molecule has 0 spiro atoms. The van der Waals surface area contributed by atoms with Crippen LogP contribution in [-0.2, 0) is 14.4 Å². The van der Waals surface area contributed by atoms with Gasteiger partial charge in [0.2, 0.25) is 0 Å². The van der Waals surface area contributed by atoms with Gasteiger partial charge in [0.05, 0.1) is 5.41 Å². The molecule has 0 unspecified atom stereocenters. The number of aliphatic carboxylic acids is 1. The van der Waals surface area contributed by atoms with E-state index in [9.17, 15) is 24.8 Å². The molecule has 7 atom stereocenters. The summed E-state index contributed by atoms with van der Waals surface area (Å²) < 4.78 is 0. The molecule has 3 fully saturated rings. The molecule has 188 valence electrons. The van der Waals surface area contributed by atoms with Crippen molar-refractivity contribution in [2.75, 3.05) is 7.05 Å². The summed E-state index contributed by atoms with van der Waals surface area (Å²) in [6, 6.07) is 1.98. The lowest BCUT2D eigenvalue weighted by atomic mass is 9.35. The van der Waals surface area contributed by atoms with Crippen LogP contribution in [0.25, 0.3) is 0 Å². The number of hydrogen-bond donors (Lipinski definition) is 1. The Morgan fingerprint density at radius 2 is 1.74 bits per heavy atom. The van der Waals surface area contributed by atoms with E-state index in [2.05, 4.69) is 40.7 Å².